The fourth-order valence-corrected chi connectivity index (χ4v) is 2.86. The molecule has 0 saturated carbocycles. The largest absolute Gasteiger partial charge is 0.463 e. The van der Waals surface area contributed by atoms with E-state index < -0.39 is 0 Å². The molecule has 0 aliphatic carbocycles. The van der Waals surface area contributed by atoms with Gasteiger partial charge >= 0.3 is 11.9 Å². The van der Waals surface area contributed by atoms with Crippen LogP contribution in [0.5, 0.6) is 0 Å². The monoisotopic (exact) mass is 333 g/mol. The molecule has 1 aromatic heterocycles. The van der Waals surface area contributed by atoms with Crippen LogP contribution >= 0.6 is 0 Å². The van der Waals surface area contributed by atoms with Gasteiger partial charge < -0.3 is 9.47 Å². The second kappa shape index (κ2) is 8.47. The summed E-state index contributed by atoms with van der Waals surface area (Å²) in [6, 6.07) is 7.76. The molecule has 0 amide bonds. The van der Waals surface area contributed by atoms with Crippen molar-refractivity contribution in [1.29, 1.82) is 0 Å². The van der Waals surface area contributed by atoms with Crippen LogP contribution in [0.3, 0.4) is 0 Å². The Morgan fingerprint density at radius 3 is 2.38 bits per heavy atom. The van der Waals surface area contributed by atoms with Gasteiger partial charge in [0.25, 0.3) is 5.82 Å². The van der Waals surface area contributed by atoms with Crippen LogP contribution in [0.15, 0.2) is 24.3 Å². The number of carbonyl (C=O) groups is 2. The lowest BCUT2D eigenvalue weighted by Crippen LogP contribution is -2.42. The summed E-state index contributed by atoms with van der Waals surface area (Å²) in [6.45, 7) is 6.63. The first-order chi connectivity index (χ1) is 11.6. The number of para-hydroxylation sites is 2. The van der Waals surface area contributed by atoms with Gasteiger partial charge in [-0.2, -0.15) is 0 Å². The van der Waals surface area contributed by atoms with E-state index in [1.807, 2.05) is 33.4 Å². The first kappa shape index (κ1) is 18.0. The van der Waals surface area contributed by atoms with Crippen LogP contribution in [-0.4, -0.2) is 29.7 Å². The second-order valence-electron chi connectivity index (χ2n) is 5.44. The average Bonchev–Trinajstić information content (AvgIpc) is 2.83. The Balaban J connectivity index is 2.51. The minimum atomic E-state index is -0.279. The van der Waals surface area contributed by atoms with Crippen LogP contribution in [0.2, 0.25) is 0 Å². The minimum Gasteiger partial charge on any atom is -0.463 e. The molecule has 130 valence electrons. The topological polar surface area (TPSA) is 61.4 Å². The van der Waals surface area contributed by atoms with Crippen LogP contribution in [-0.2, 0) is 38.6 Å². The van der Waals surface area contributed by atoms with Crippen molar-refractivity contribution in [3.05, 3.63) is 30.1 Å². The van der Waals surface area contributed by atoms with Gasteiger partial charge in [-0.1, -0.05) is 19.1 Å². The van der Waals surface area contributed by atoms with Gasteiger partial charge in [0.1, 0.15) is 0 Å². The lowest BCUT2D eigenvalue weighted by Gasteiger charge is -2.05. The molecule has 6 heteroatoms. The van der Waals surface area contributed by atoms with Gasteiger partial charge in [-0.15, -0.1) is 0 Å². The maximum Gasteiger partial charge on any atom is 0.348 e. The quantitative estimate of drug-likeness (QED) is 0.548. The van der Waals surface area contributed by atoms with Crippen molar-refractivity contribution in [3.63, 3.8) is 0 Å². The van der Waals surface area contributed by atoms with Gasteiger partial charge in [-0.05, 0) is 32.4 Å². The summed E-state index contributed by atoms with van der Waals surface area (Å²) in [6.07, 6.45) is 1.66. The lowest BCUT2D eigenvalue weighted by atomic mass is 10.3. The highest BCUT2D eigenvalue weighted by Crippen LogP contribution is 2.16. The molecule has 1 aromatic carbocycles. The van der Waals surface area contributed by atoms with E-state index in [9.17, 15) is 9.59 Å². The molecule has 2 rings (SSSR count). The van der Waals surface area contributed by atoms with E-state index >= 15 is 0 Å². The zero-order valence-corrected chi connectivity index (χ0v) is 14.6. The number of fused-ring (bicyclic) bond motifs is 1. The third-order valence-electron chi connectivity index (χ3n) is 3.75. The molecule has 0 unspecified atom stereocenters. The minimum absolute atomic E-state index is 0.138. The molecule has 0 radical (unpaired) electrons. The predicted molar refractivity (Wildman–Crippen MR) is 89.4 cm³/mol. The summed E-state index contributed by atoms with van der Waals surface area (Å²) in [4.78, 5) is 24.0. The molecular formula is C18H25N2O4+. The predicted octanol–water partition coefficient (Wildman–Crippen LogP) is 2.01. The van der Waals surface area contributed by atoms with Crippen LogP contribution in [0, 0.1) is 0 Å². The SMILES string of the molecule is CCCc1n(CC(=O)OCC)c2ccccc2[n+]1CC(=O)OCC. The average molecular weight is 333 g/mol. The van der Waals surface area contributed by atoms with Crippen LogP contribution in [0.25, 0.3) is 11.0 Å². The highest BCUT2D eigenvalue weighted by molar-refractivity contribution is 5.77. The Morgan fingerprint density at radius 1 is 1.04 bits per heavy atom. The van der Waals surface area contributed by atoms with Gasteiger partial charge in [0.15, 0.2) is 24.1 Å². The Kier molecular flexibility index (Phi) is 6.35. The van der Waals surface area contributed by atoms with Gasteiger partial charge in [0, 0.05) is 6.42 Å². The Hall–Kier alpha value is -2.37. The first-order valence-corrected chi connectivity index (χ1v) is 8.43. The maximum atomic E-state index is 12.0. The number of ether oxygens (including phenoxy) is 2. The molecule has 24 heavy (non-hydrogen) atoms. The summed E-state index contributed by atoms with van der Waals surface area (Å²) < 4.78 is 14.1. The number of hydrogen-bond donors (Lipinski definition) is 0. The van der Waals surface area contributed by atoms with Crippen molar-refractivity contribution >= 4 is 23.0 Å². The van der Waals surface area contributed by atoms with E-state index in [1.165, 1.54) is 0 Å². The highest BCUT2D eigenvalue weighted by atomic mass is 16.5. The van der Waals surface area contributed by atoms with Crippen molar-refractivity contribution in [2.75, 3.05) is 13.2 Å². The molecule has 2 aromatic rings. The summed E-state index contributed by atoms with van der Waals surface area (Å²) in [7, 11) is 0. The number of carbonyl (C=O) groups excluding carboxylic acids is 2. The van der Waals surface area contributed by atoms with Crippen molar-refractivity contribution < 1.29 is 23.6 Å². The van der Waals surface area contributed by atoms with Crippen molar-refractivity contribution in [2.45, 2.75) is 46.7 Å². The molecule has 0 N–H and O–H groups in total. The number of imidazole rings is 1. The third-order valence-corrected chi connectivity index (χ3v) is 3.75. The summed E-state index contributed by atoms with van der Waals surface area (Å²) in [5.74, 6) is 0.373. The molecule has 0 fully saturated rings. The second-order valence-corrected chi connectivity index (χ2v) is 5.44. The van der Waals surface area contributed by atoms with E-state index in [2.05, 4.69) is 6.92 Å². The van der Waals surface area contributed by atoms with Crippen molar-refractivity contribution in [3.8, 4) is 0 Å². The van der Waals surface area contributed by atoms with E-state index in [-0.39, 0.29) is 25.0 Å². The fraction of sp³-hybridized carbons (Fsp3) is 0.500. The van der Waals surface area contributed by atoms with Gasteiger partial charge in [0.2, 0.25) is 0 Å². The van der Waals surface area contributed by atoms with E-state index in [4.69, 9.17) is 9.47 Å². The van der Waals surface area contributed by atoms with Crippen LogP contribution in [0.1, 0.15) is 33.0 Å². The molecule has 0 spiro atoms. The first-order valence-electron chi connectivity index (χ1n) is 8.43. The maximum absolute atomic E-state index is 12.0. The smallest absolute Gasteiger partial charge is 0.348 e. The molecule has 0 bridgehead atoms. The number of hydrogen-bond acceptors (Lipinski definition) is 4. The fourth-order valence-electron chi connectivity index (χ4n) is 2.86. The number of rotatable bonds is 8. The third kappa shape index (κ3) is 3.93. The number of benzene rings is 1. The zero-order valence-electron chi connectivity index (χ0n) is 14.6. The van der Waals surface area contributed by atoms with E-state index in [0.29, 0.717) is 13.2 Å². The molecule has 6 nitrogen and oxygen atoms in total. The Morgan fingerprint density at radius 2 is 1.71 bits per heavy atom. The van der Waals surface area contributed by atoms with Gasteiger partial charge in [0.05, 0.1) is 13.2 Å². The summed E-state index contributed by atoms with van der Waals surface area (Å²) >= 11 is 0. The van der Waals surface area contributed by atoms with Gasteiger partial charge in [-0.3, -0.25) is 0 Å². The normalized spacial score (nSPS) is 10.8. The zero-order chi connectivity index (χ0) is 17.5. The molecular weight excluding hydrogens is 308 g/mol. The number of aromatic nitrogens is 2. The Labute approximate surface area is 142 Å². The van der Waals surface area contributed by atoms with E-state index in [1.54, 1.807) is 13.8 Å². The van der Waals surface area contributed by atoms with E-state index in [0.717, 1.165) is 29.7 Å². The molecule has 0 saturated heterocycles. The number of esters is 2. The number of nitrogens with zero attached hydrogens (tertiary/aromatic N) is 2. The van der Waals surface area contributed by atoms with Gasteiger partial charge in [-0.25, -0.2) is 18.7 Å². The molecule has 0 aliphatic heterocycles. The van der Waals surface area contributed by atoms with Crippen molar-refractivity contribution in [1.82, 2.24) is 4.57 Å². The highest BCUT2D eigenvalue weighted by Gasteiger charge is 2.27. The molecule has 0 atom stereocenters. The molecule has 1 heterocycles. The van der Waals surface area contributed by atoms with Crippen molar-refractivity contribution in [2.24, 2.45) is 0 Å². The lowest BCUT2D eigenvalue weighted by molar-refractivity contribution is -0.668. The molecule has 0 aliphatic rings. The summed E-state index contributed by atoms with van der Waals surface area (Å²) in [5, 5.41) is 0. The Bertz CT molecular complexity index is 664. The standard InChI is InChI=1S/C18H25N2O4/c1-4-9-16-19(12-17(21)23-5-2)14-10-7-8-11-15(14)20(16)13-18(22)24-6-3/h7-8,10-11H,4-6,9,12-13H2,1-3H3/q+1. The summed E-state index contributed by atoms with van der Waals surface area (Å²) in [5.41, 5.74) is 1.83. The van der Waals surface area contributed by atoms with Crippen LogP contribution in [0.4, 0.5) is 0 Å². The van der Waals surface area contributed by atoms with Crippen LogP contribution < -0.4 is 4.57 Å².